The summed E-state index contributed by atoms with van der Waals surface area (Å²) in [5.74, 6) is 0.0401. The summed E-state index contributed by atoms with van der Waals surface area (Å²) >= 11 is 7.31. The summed E-state index contributed by atoms with van der Waals surface area (Å²) in [5, 5.41) is 2.59. The number of amides is 1. The molecule has 1 aromatic heterocycles. The van der Waals surface area contributed by atoms with Gasteiger partial charge in [0.25, 0.3) is 5.91 Å². The zero-order valence-corrected chi connectivity index (χ0v) is 13.0. The van der Waals surface area contributed by atoms with Crippen LogP contribution in [0.3, 0.4) is 0 Å². The Morgan fingerprint density at radius 1 is 1.10 bits per heavy atom. The highest BCUT2D eigenvalue weighted by Gasteiger charge is 2.24. The van der Waals surface area contributed by atoms with E-state index in [1.807, 2.05) is 34.5 Å². The second-order valence-corrected chi connectivity index (χ2v) is 6.31. The molecule has 0 saturated carbocycles. The third-order valence-electron chi connectivity index (χ3n) is 3.65. The number of piperazine rings is 1. The van der Waals surface area contributed by atoms with Crippen LogP contribution in [0.4, 0.5) is 11.4 Å². The van der Waals surface area contributed by atoms with Crippen molar-refractivity contribution in [3.63, 3.8) is 0 Å². The summed E-state index contributed by atoms with van der Waals surface area (Å²) in [4.78, 5) is 17.2. The molecule has 1 aliphatic heterocycles. The van der Waals surface area contributed by atoms with E-state index in [0.717, 1.165) is 23.8 Å². The lowest BCUT2D eigenvalue weighted by Crippen LogP contribution is -2.48. The lowest BCUT2D eigenvalue weighted by atomic mass is 10.2. The first-order valence-corrected chi connectivity index (χ1v) is 8.03. The van der Waals surface area contributed by atoms with Gasteiger partial charge in [0, 0.05) is 36.9 Å². The van der Waals surface area contributed by atoms with Gasteiger partial charge in [0.1, 0.15) is 4.88 Å². The van der Waals surface area contributed by atoms with Gasteiger partial charge in [0.15, 0.2) is 0 Å². The van der Waals surface area contributed by atoms with E-state index in [0.29, 0.717) is 23.7 Å². The van der Waals surface area contributed by atoms with Gasteiger partial charge in [-0.25, -0.2) is 0 Å². The maximum absolute atomic E-state index is 12.4. The number of rotatable bonds is 2. The Kier molecular flexibility index (Phi) is 4.03. The van der Waals surface area contributed by atoms with Crippen LogP contribution in [-0.2, 0) is 0 Å². The smallest absolute Gasteiger partial charge is 0.266 e. The van der Waals surface area contributed by atoms with Gasteiger partial charge < -0.3 is 15.5 Å². The molecule has 0 spiro atoms. The molecule has 0 radical (unpaired) electrons. The first-order chi connectivity index (χ1) is 10.1. The standard InChI is InChI=1S/C15H16ClN3OS/c16-11-1-3-12(4-2-11)18-6-8-19(9-7-18)15(20)14-13(17)5-10-21-14/h1-5,10H,6-9,17H2. The van der Waals surface area contributed by atoms with E-state index in [1.165, 1.54) is 11.3 Å². The maximum Gasteiger partial charge on any atom is 0.266 e. The van der Waals surface area contributed by atoms with E-state index in [4.69, 9.17) is 17.3 Å². The van der Waals surface area contributed by atoms with Gasteiger partial charge in [0.2, 0.25) is 0 Å². The summed E-state index contributed by atoms with van der Waals surface area (Å²) in [6.07, 6.45) is 0. The Balaban J connectivity index is 1.64. The van der Waals surface area contributed by atoms with Crippen molar-refractivity contribution < 1.29 is 4.79 Å². The molecular weight excluding hydrogens is 306 g/mol. The van der Waals surface area contributed by atoms with Gasteiger partial charge in [-0.05, 0) is 35.7 Å². The Morgan fingerprint density at radius 3 is 2.33 bits per heavy atom. The van der Waals surface area contributed by atoms with Crippen molar-refractivity contribution in [3.05, 3.63) is 45.6 Å². The van der Waals surface area contributed by atoms with Crippen LogP contribution >= 0.6 is 22.9 Å². The average Bonchev–Trinajstić information content (AvgIpc) is 2.94. The lowest BCUT2D eigenvalue weighted by Gasteiger charge is -2.36. The SMILES string of the molecule is Nc1ccsc1C(=O)N1CCN(c2ccc(Cl)cc2)CC1. The Bertz CT molecular complexity index is 633. The minimum Gasteiger partial charge on any atom is -0.397 e. The molecule has 110 valence electrons. The first-order valence-electron chi connectivity index (χ1n) is 6.78. The molecule has 1 aromatic carbocycles. The van der Waals surface area contributed by atoms with Crippen molar-refractivity contribution in [2.45, 2.75) is 0 Å². The van der Waals surface area contributed by atoms with Crippen molar-refractivity contribution in [1.29, 1.82) is 0 Å². The van der Waals surface area contributed by atoms with Crippen LogP contribution in [0.5, 0.6) is 0 Å². The van der Waals surface area contributed by atoms with E-state index < -0.39 is 0 Å². The summed E-state index contributed by atoms with van der Waals surface area (Å²) < 4.78 is 0. The zero-order valence-electron chi connectivity index (χ0n) is 11.5. The van der Waals surface area contributed by atoms with Gasteiger partial charge in [-0.1, -0.05) is 11.6 Å². The summed E-state index contributed by atoms with van der Waals surface area (Å²) in [7, 11) is 0. The Labute approximate surface area is 132 Å². The molecular formula is C15H16ClN3OS. The highest BCUT2D eigenvalue weighted by molar-refractivity contribution is 7.12. The third-order valence-corrected chi connectivity index (χ3v) is 4.82. The topological polar surface area (TPSA) is 49.6 Å². The summed E-state index contributed by atoms with van der Waals surface area (Å²) in [5.41, 5.74) is 7.54. The van der Waals surface area contributed by atoms with Crippen molar-refractivity contribution in [3.8, 4) is 0 Å². The Morgan fingerprint density at radius 2 is 1.76 bits per heavy atom. The lowest BCUT2D eigenvalue weighted by molar-refractivity contribution is 0.0752. The number of thiophene rings is 1. The van der Waals surface area contributed by atoms with Crippen LogP contribution in [0.1, 0.15) is 9.67 Å². The predicted octanol–water partition coefficient (Wildman–Crippen LogP) is 2.95. The Hall–Kier alpha value is -1.72. The van der Waals surface area contributed by atoms with Crippen LogP contribution in [0.15, 0.2) is 35.7 Å². The molecule has 0 unspecified atom stereocenters. The molecule has 3 rings (SSSR count). The molecule has 0 aliphatic carbocycles. The minimum absolute atomic E-state index is 0.0401. The molecule has 2 aromatic rings. The maximum atomic E-state index is 12.4. The van der Waals surface area contributed by atoms with Crippen molar-refractivity contribution in [2.24, 2.45) is 0 Å². The van der Waals surface area contributed by atoms with Gasteiger partial charge in [-0.3, -0.25) is 4.79 Å². The van der Waals surface area contributed by atoms with E-state index in [1.54, 1.807) is 6.07 Å². The number of anilines is 2. The molecule has 0 atom stereocenters. The van der Waals surface area contributed by atoms with Gasteiger partial charge in [-0.2, -0.15) is 0 Å². The van der Waals surface area contributed by atoms with Crippen LogP contribution in [0.25, 0.3) is 0 Å². The monoisotopic (exact) mass is 321 g/mol. The van der Waals surface area contributed by atoms with Gasteiger partial charge in [0.05, 0.1) is 5.69 Å². The van der Waals surface area contributed by atoms with Crippen LogP contribution in [0.2, 0.25) is 5.02 Å². The number of nitrogens with two attached hydrogens (primary N) is 1. The fourth-order valence-electron chi connectivity index (χ4n) is 2.46. The molecule has 2 N–H and O–H groups in total. The first kappa shape index (κ1) is 14.2. The van der Waals surface area contributed by atoms with Crippen LogP contribution in [0, 0.1) is 0 Å². The van der Waals surface area contributed by atoms with Crippen molar-refractivity contribution >= 4 is 40.2 Å². The van der Waals surface area contributed by atoms with Crippen LogP contribution in [-0.4, -0.2) is 37.0 Å². The van der Waals surface area contributed by atoms with Gasteiger partial charge in [-0.15, -0.1) is 11.3 Å². The number of nitrogen functional groups attached to an aromatic ring is 1. The minimum atomic E-state index is 0.0401. The number of hydrogen-bond donors (Lipinski definition) is 1. The van der Waals surface area contributed by atoms with Crippen LogP contribution < -0.4 is 10.6 Å². The number of carbonyl (C=O) groups excluding carboxylic acids is 1. The number of carbonyl (C=O) groups is 1. The highest BCUT2D eigenvalue weighted by atomic mass is 35.5. The summed E-state index contributed by atoms with van der Waals surface area (Å²) in [6.45, 7) is 3.05. The molecule has 0 bridgehead atoms. The molecule has 6 heteroatoms. The fraction of sp³-hybridized carbons (Fsp3) is 0.267. The number of nitrogens with zero attached hydrogens (tertiary/aromatic N) is 2. The molecule has 2 heterocycles. The molecule has 1 fully saturated rings. The van der Waals surface area contributed by atoms with E-state index in [9.17, 15) is 4.79 Å². The number of benzene rings is 1. The highest BCUT2D eigenvalue weighted by Crippen LogP contribution is 2.23. The fourth-order valence-corrected chi connectivity index (χ4v) is 3.37. The van der Waals surface area contributed by atoms with Gasteiger partial charge >= 0.3 is 0 Å². The molecule has 4 nitrogen and oxygen atoms in total. The zero-order chi connectivity index (χ0) is 14.8. The van der Waals surface area contributed by atoms with E-state index >= 15 is 0 Å². The number of hydrogen-bond acceptors (Lipinski definition) is 4. The molecule has 1 aliphatic rings. The quantitative estimate of drug-likeness (QED) is 0.925. The largest absolute Gasteiger partial charge is 0.397 e. The average molecular weight is 322 g/mol. The van der Waals surface area contributed by atoms with E-state index in [-0.39, 0.29) is 5.91 Å². The number of halogens is 1. The predicted molar refractivity (Wildman–Crippen MR) is 88.3 cm³/mol. The molecule has 1 amide bonds. The molecule has 1 saturated heterocycles. The normalized spacial score (nSPS) is 15.3. The van der Waals surface area contributed by atoms with Crippen molar-refractivity contribution in [2.75, 3.05) is 36.8 Å². The van der Waals surface area contributed by atoms with Crippen molar-refractivity contribution in [1.82, 2.24) is 4.90 Å². The summed E-state index contributed by atoms with van der Waals surface area (Å²) in [6, 6.07) is 9.58. The third kappa shape index (κ3) is 2.99. The molecule has 21 heavy (non-hydrogen) atoms. The second-order valence-electron chi connectivity index (χ2n) is 4.96. The second kappa shape index (κ2) is 5.95. The van der Waals surface area contributed by atoms with E-state index in [2.05, 4.69) is 4.90 Å².